The number of nitrogens with zero attached hydrogens (tertiary/aromatic N) is 3. The van der Waals surface area contributed by atoms with Crippen LogP contribution in [0.1, 0.15) is 44.7 Å². The van der Waals surface area contributed by atoms with Gasteiger partial charge in [-0.25, -0.2) is 4.79 Å². The highest BCUT2D eigenvalue weighted by Gasteiger charge is 2.24. The van der Waals surface area contributed by atoms with E-state index in [1.807, 2.05) is 25.7 Å². The van der Waals surface area contributed by atoms with E-state index in [0.717, 1.165) is 45.7 Å². The molecule has 2 aromatic carbocycles. The molecule has 2 heterocycles. The van der Waals surface area contributed by atoms with Gasteiger partial charge in [-0.2, -0.15) is 0 Å². The molecular formula is C29H44N4O2. The lowest BCUT2D eigenvalue weighted by Crippen LogP contribution is -2.39. The monoisotopic (exact) mass is 480 g/mol. The van der Waals surface area contributed by atoms with Crippen LogP contribution in [0, 0.1) is 13.8 Å². The highest BCUT2D eigenvalue weighted by Crippen LogP contribution is 2.22. The summed E-state index contributed by atoms with van der Waals surface area (Å²) in [4.78, 5) is 18.8. The zero-order chi connectivity index (χ0) is 25.3. The van der Waals surface area contributed by atoms with Crippen LogP contribution in [0.2, 0.25) is 0 Å². The molecule has 2 saturated heterocycles. The van der Waals surface area contributed by atoms with Crippen molar-refractivity contribution in [2.75, 3.05) is 62.2 Å². The van der Waals surface area contributed by atoms with Crippen LogP contribution in [-0.4, -0.2) is 69.0 Å². The van der Waals surface area contributed by atoms with E-state index in [9.17, 15) is 4.79 Å². The number of carbonyl (C=O) groups excluding carboxylic acids is 1. The number of anilines is 2. The Bertz CT molecular complexity index is 932. The standard InChI is InChI=1S/C17H26N2O2.C12H18N2/c1-14-8-5-6-9-15(14)18-10-7-11-19(13-12-18)16(20)21-17(2,3)4;1-11-5-2-3-6-12(11)14-9-4-7-13-8-10-14/h5-6,8-9H,7,10-13H2,1-4H3;2-3,5-6,13H,4,7-10H2,1H3. The molecule has 2 fully saturated rings. The van der Waals surface area contributed by atoms with Gasteiger partial charge in [0.05, 0.1) is 0 Å². The Labute approximate surface area is 212 Å². The van der Waals surface area contributed by atoms with Crippen LogP contribution in [0.5, 0.6) is 0 Å². The Balaban J connectivity index is 0.000000211. The number of hydrogen-bond acceptors (Lipinski definition) is 5. The first-order valence-corrected chi connectivity index (χ1v) is 13.0. The van der Waals surface area contributed by atoms with E-state index in [2.05, 4.69) is 77.5 Å². The summed E-state index contributed by atoms with van der Waals surface area (Å²) in [5.41, 5.74) is 4.90. The van der Waals surface area contributed by atoms with Crippen molar-refractivity contribution in [3.05, 3.63) is 59.7 Å². The molecule has 0 radical (unpaired) electrons. The first-order valence-electron chi connectivity index (χ1n) is 13.0. The van der Waals surface area contributed by atoms with Crippen LogP contribution in [0.25, 0.3) is 0 Å². The van der Waals surface area contributed by atoms with Gasteiger partial charge in [-0.1, -0.05) is 36.4 Å². The third-order valence-electron chi connectivity index (χ3n) is 6.40. The number of carbonyl (C=O) groups is 1. The molecule has 4 rings (SSSR count). The molecule has 0 spiro atoms. The molecule has 0 saturated carbocycles. The second kappa shape index (κ2) is 12.8. The van der Waals surface area contributed by atoms with Gasteiger partial charge in [0.15, 0.2) is 0 Å². The molecule has 1 N–H and O–H groups in total. The predicted octanol–water partition coefficient (Wildman–Crippen LogP) is 5.24. The van der Waals surface area contributed by atoms with E-state index in [1.54, 1.807) is 0 Å². The number of amides is 1. The normalized spacial score (nSPS) is 17.1. The summed E-state index contributed by atoms with van der Waals surface area (Å²) in [6, 6.07) is 17.1. The number of rotatable bonds is 2. The van der Waals surface area contributed by atoms with Crippen molar-refractivity contribution >= 4 is 17.5 Å². The third-order valence-corrected chi connectivity index (χ3v) is 6.40. The van der Waals surface area contributed by atoms with Gasteiger partial charge in [-0.15, -0.1) is 0 Å². The summed E-state index contributed by atoms with van der Waals surface area (Å²) in [5, 5.41) is 3.42. The Morgan fingerprint density at radius 1 is 0.743 bits per heavy atom. The van der Waals surface area contributed by atoms with Crippen LogP contribution >= 0.6 is 0 Å². The topological polar surface area (TPSA) is 48.1 Å². The maximum Gasteiger partial charge on any atom is 0.410 e. The fourth-order valence-electron chi connectivity index (χ4n) is 4.59. The van der Waals surface area contributed by atoms with Crippen LogP contribution in [0.4, 0.5) is 16.2 Å². The second-order valence-electron chi connectivity index (χ2n) is 10.5. The van der Waals surface area contributed by atoms with Crippen molar-refractivity contribution in [2.24, 2.45) is 0 Å². The maximum atomic E-state index is 12.2. The van der Waals surface area contributed by atoms with Crippen LogP contribution in [0.15, 0.2) is 48.5 Å². The summed E-state index contributed by atoms with van der Waals surface area (Å²) in [6.45, 7) is 17.9. The molecule has 1 amide bonds. The Kier molecular flexibility index (Phi) is 9.84. The number of aryl methyl sites for hydroxylation is 2. The van der Waals surface area contributed by atoms with Crippen molar-refractivity contribution in [3.8, 4) is 0 Å². The van der Waals surface area contributed by atoms with Gasteiger partial charge in [0.2, 0.25) is 0 Å². The van der Waals surface area contributed by atoms with Gasteiger partial charge in [0.1, 0.15) is 5.60 Å². The zero-order valence-corrected chi connectivity index (χ0v) is 22.3. The first-order chi connectivity index (χ1) is 16.7. The second-order valence-corrected chi connectivity index (χ2v) is 10.5. The van der Waals surface area contributed by atoms with E-state index in [4.69, 9.17) is 4.74 Å². The number of nitrogens with one attached hydrogen (secondary N) is 1. The lowest BCUT2D eigenvalue weighted by Gasteiger charge is -2.27. The fraction of sp³-hybridized carbons (Fsp3) is 0.552. The zero-order valence-electron chi connectivity index (χ0n) is 22.3. The van der Waals surface area contributed by atoms with Gasteiger partial charge >= 0.3 is 6.09 Å². The quantitative estimate of drug-likeness (QED) is 0.637. The Morgan fingerprint density at radius 2 is 1.31 bits per heavy atom. The van der Waals surface area contributed by atoms with Crippen LogP contribution in [-0.2, 0) is 4.74 Å². The van der Waals surface area contributed by atoms with E-state index < -0.39 is 5.60 Å². The molecule has 2 aromatic rings. The van der Waals surface area contributed by atoms with Crippen molar-refractivity contribution in [1.82, 2.24) is 10.2 Å². The lowest BCUT2D eigenvalue weighted by molar-refractivity contribution is 0.0263. The highest BCUT2D eigenvalue weighted by atomic mass is 16.6. The van der Waals surface area contributed by atoms with Crippen molar-refractivity contribution in [3.63, 3.8) is 0 Å². The summed E-state index contributed by atoms with van der Waals surface area (Å²) in [7, 11) is 0. The van der Waals surface area contributed by atoms with Crippen LogP contribution < -0.4 is 15.1 Å². The number of benzene rings is 2. The minimum absolute atomic E-state index is 0.200. The molecule has 2 aliphatic rings. The van der Waals surface area contributed by atoms with Gasteiger partial charge in [-0.3, -0.25) is 0 Å². The average molecular weight is 481 g/mol. The minimum Gasteiger partial charge on any atom is -0.444 e. The van der Waals surface area contributed by atoms with Crippen molar-refractivity contribution < 1.29 is 9.53 Å². The van der Waals surface area contributed by atoms with Gasteiger partial charge in [-0.05, 0) is 77.3 Å². The van der Waals surface area contributed by atoms with E-state index in [1.165, 1.54) is 35.5 Å². The fourth-order valence-corrected chi connectivity index (χ4v) is 4.59. The SMILES string of the molecule is Cc1ccccc1N1CCCN(C(=O)OC(C)(C)C)CC1.Cc1ccccc1N1CCCNCC1. The third kappa shape index (κ3) is 8.46. The van der Waals surface area contributed by atoms with Gasteiger partial charge in [0.25, 0.3) is 0 Å². The smallest absolute Gasteiger partial charge is 0.410 e. The van der Waals surface area contributed by atoms with E-state index in [-0.39, 0.29) is 6.09 Å². The Morgan fingerprint density at radius 3 is 1.91 bits per heavy atom. The maximum absolute atomic E-state index is 12.2. The number of ether oxygens (including phenoxy) is 1. The van der Waals surface area contributed by atoms with E-state index in [0.29, 0.717) is 6.54 Å². The van der Waals surface area contributed by atoms with Gasteiger partial charge in [0, 0.05) is 57.2 Å². The largest absolute Gasteiger partial charge is 0.444 e. The average Bonchev–Trinajstić information content (AvgIpc) is 3.23. The molecule has 0 unspecified atom stereocenters. The Hall–Kier alpha value is -2.73. The summed E-state index contributed by atoms with van der Waals surface area (Å²) < 4.78 is 5.47. The molecule has 0 aromatic heterocycles. The lowest BCUT2D eigenvalue weighted by atomic mass is 10.2. The summed E-state index contributed by atoms with van der Waals surface area (Å²) in [6.07, 6.45) is 2.01. The minimum atomic E-state index is -0.431. The molecule has 192 valence electrons. The predicted molar refractivity (Wildman–Crippen MR) is 147 cm³/mol. The first kappa shape index (κ1) is 26.9. The van der Waals surface area contributed by atoms with Crippen molar-refractivity contribution in [2.45, 2.75) is 53.1 Å². The highest BCUT2D eigenvalue weighted by molar-refractivity contribution is 5.68. The summed E-state index contributed by atoms with van der Waals surface area (Å²) >= 11 is 0. The van der Waals surface area contributed by atoms with Crippen molar-refractivity contribution in [1.29, 1.82) is 0 Å². The van der Waals surface area contributed by atoms with Gasteiger partial charge < -0.3 is 24.8 Å². The number of para-hydroxylation sites is 2. The molecule has 6 nitrogen and oxygen atoms in total. The molecule has 0 atom stereocenters. The van der Waals surface area contributed by atoms with Crippen LogP contribution in [0.3, 0.4) is 0 Å². The molecular weight excluding hydrogens is 436 g/mol. The molecule has 2 aliphatic heterocycles. The molecule has 0 bridgehead atoms. The molecule has 6 heteroatoms. The number of hydrogen-bond donors (Lipinski definition) is 1. The van der Waals surface area contributed by atoms with E-state index >= 15 is 0 Å². The molecule has 35 heavy (non-hydrogen) atoms. The molecule has 0 aliphatic carbocycles. The summed E-state index contributed by atoms with van der Waals surface area (Å²) in [5.74, 6) is 0.